The highest BCUT2D eigenvalue weighted by Gasteiger charge is 2.19. The van der Waals surface area contributed by atoms with Crippen molar-refractivity contribution in [2.75, 3.05) is 36.5 Å². The van der Waals surface area contributed by atoms with E-state index in [1.54, 1.807) is 24.3 Å². The Hall–Kier alpha value is -2.65. The number of pyridine rings is 1. The number of phenols is 1. The number of nitrogens with zero attached hydrogens (tertiary/aromatic N) is 3. The molecule has 1 fully saturated rings. The Bertz CT molecular complexity index is 969. The number of hydrogen-bond acceptors (Lipinski definition) is 7. The molecule has 3 aromatic rings. The van der Waals surface area contributed by atoms with Gasteiger partial charge in [0.1, 0.15) is 21.6 Å². The predicted octanol–water partition coefficient (Wildman–Crippen LogP) is 2.78. The van der Waals surface area contributed by atoms with Crippen LogP contribution in [0.4, 0.5) is 11.7 Å². The quantitative estimate of drug-likeness (QED) is 0.497. The number of oxazole rings is 1. The number of rotatable bonds is 3. The number of amides is 1. The van der Waals surface area contributed by atoms with Crippen molar-refractivity contribution in [2.24, 2.45) is 0 Å². The summed E-state index contributed by atoms with van der Waals surface area (Å²) in [5.41, 5.74) is 1.45. The van der Waals surface area contributed by atoms with Crippen molar-refractivity contribution in [1.29, 1.82) is 0 Å². The van der Waals surface area contributed by atoms with Gasteiger partial charge in [-0.3, -0.25) is 4.79 Å². The van der Waals surface area contributed by atoms with Gasteiger partial charge in [0.25, 0.3) is 11.9 Å². The zero-order valence-electron chi connectivity index (χ0n) is 13.6. The minimum atomic E-state index is -0.436. The fraction of sp³-hybridized carbons (Fsp3) is 0.235. The van der Waals surface area contributed by atoms with Gasteiger partial charge in [-0.15, -0.1) is 0 Å². The smallest absolute Gasteiger partial charge is 0.298 e. The fourth-order valence-corrected chi connectivity index (χ4v) is 3.01. The number of benzene rings is 1. The molecule has 1 amide bonds. The largest absolute Gasteiger partial charge is 0.506 e. The number of morpholine rings is 1. The first-order valence-electron chi connectivity index (χ1n) is 8.00. The summed E-state index contributed by atoms with van der Waals surface area (Å²) in [5, 5.41) is 12.9. The molecule has 2 aromatic heterocycles. The van der Waals surface area contributed by atoms with Crippen LogP contribution in [0.25, 0.3) is 11.1 Å². The Morgan fingerprint density at radius 2 is 2.04 bits per heavy atom. The molecule has 1 aromatic carbocycles. The van der Waals surface area contributed by atoms with Gasteiger partial charge < -0.3 is 24.5 Å². The third kappa shape index (κ3) is 3.35. The Morgan fingerprint density at radius 1 is 1.23 bits per heavy atom. The summed E-state index contributed by atoms with van der Waals surface area (Å²) in [5.74, 6) is -0.531. The second-order valence-electron chi connectivity index (χ2n) is 5.73. The monoisotopic (exact) mass is 418 g/mol. The second kappa shape index (κ2) is 6.93. The van der Waals surface area contributed by atoms with E-state index in [1.165, 1.54) is 6.07 Å². The first-order chi connectivity index (χ1) is 12.6. The lowest BCUT2D eigenvalue weighted by Gasteiger charge is -2.24. The summed E-state index contributed by atoms with van der Waals surface area (Å²) in [6.45, 7) is 2.61. The molecular formula is C17H15BrN4O4. The van der Waals surface area contributed by atoms with E-state index in [0.29, 0.717) is 48.0 Å². The zero-order valence-corrected chi connectivity index (χ0v) is 15.2. The standard InChI is InChI=1S/C17H15BrN4O4/c18-15-3-1-2-10(19-15)16(24)20-11-9-14-12(8-13(11)23)21-17(26-14)22-4-6-25-7-5-22/h1-3,8-9,23H,4-7H2,(H,20,24). The molecule has 26 heavy (non-hydrogen) atoms. The molecule has 1 aliphatic heterocycles. The molecule has 1 saturated heterocycles. The number of aromatic hydroxyl groups is 1. The van der Waals surface area contributed by atoms with Gasteiger partial charge in [0.05, 0.1) is 18.9 Å². The van der Waals surface area contributed by atoms with Gasteiger partial charge in [0.2, 0.25) is 0 Å². The van der Waals surface area contributed by atoms with Gasteiger partial charge in [0.15, 0.2) is 5.58 Å². The molecular weight excluding hydrogens is 404 g/mol. The van der Waals surface area contributed by atoms with E-state index in [9.17, 15) is 9.90 Å². The molecule has 0 radical (unpaired) electrons. The SMILES string of the molecule is O=C(Nc1cc2oc(N3CCOCC3)nc2cc1O)c1cccc(Br)n1. The Morgan fingerprint density at radius 3 is 2.81 bits per heavy atom. The number of carbonyl (C=O) groups excluding carboxylic acids is 1. The summed E-state index contributed by atoms with van der Waals surface area (Å²) >= 11 is 3.23. The van der Waals surface area contributed by atoms with Crippen LogP contribution in [0.3, 0.4) is 0 Å². The van der Waals surface area contributed by atoms with Crippen molar-refractivity contribution < 1.29 is 19.1 Å². The van der Waals surface area contributed by atoms with Crippen molar-refractivity contribution in [3.63, 3.8) is 0 Å². The lowest BCUT2D eigenvalue weighted by atomic mass is 10.2. The van der Waals surface area contributed by atoms with Gasteiger partial charge in [-0.1, -0.05) is 6.07 Å². The molecule has 4 rings (SSSR count). The minimum Gasteiger partial charge on any atom is -0.506 e. The van der Waals surface area contributed by atoms with E-state index in [-0.39, 0.29) is 17.1 Å². The summed E-state index contributed by atoms with van der Waals surface area (Å²) in [4.78, 5) is 22.8. The van der Waals surface area contributed by atoms with Gasteiger partial charge >= 0.3 is 0 Å². The van der Waals surface area contributed by atoms with Gasteiger partial charge in [-0.2, -0.15) is 4.98 Å². The Kier molecular flexibility index (Phi) is 4.48. The number of ether oxygens (including phenoxy) is 1. The minimum absolute atomic E-state index is 0.0947. The molecule has 134 valence electrons. The van der Waals surface area contributed by atoms with E-state index in [0.717, 1.165) is 0 Å². The topological polar surface area (TPSA) is 101 Å². The van der Waals surface area contributed by atoms with Gasteiger partial charge in [-0.25, -0.2) is 4.98 Å². The number of hydrogen-bond donors (Lipinski definition) is 2. The number of nitrogens with one attached hydrogen (secondary N) is 1. The third-order valence-electron chi connectivity index (χ3n) is 3.97. The summed E-state index contributed by atoms with van der Waals surface area (Å²) in [6, 6.07) is 8.51. The van der Waals surface area contributed by atoms with Crippen LogP contribution >= 0.6 is 15.9 Å². The normalized spacial score (nSPS) is 14.6. The Balaban J connectivity index is 1.61. The lowest BCUT2D eigenvalue weighted by Crippen LogP contribution is -2.36. The van der Waals surface area contributed by atoms with Crippen LogP contribution in [0, 0.1) is 0 Å². The van der Waals surface area contributed by atoms with Gasteiger partial charge in [0, 0.05) is 25.2 Å². The van der Waals surface area contributed by atoms with Crippen molar-refractivity contribution in [3.8, 4) is 5.75 Å². The first kappa shape index (κ1) is 16.8. The zero-order chi connectivity index (χ0) is 18.1. The van der Waals surface area contributed by atoms with E-state index in [1.807, 2.05) is 4.90 Å². The molecule has 2 N–H and O–H groups in total. The molecule has 1 aliphatic rings. The predicted molar refractivity (Wildman–Crippen MR) is 98.6 cm³/mol. The van der Waals surface area contributed by atoms with Crippen LogP contribution in [-0.4, -0.2) is 47.3 Å². The highest BCUT2D eigenvalue weighted by molar-refractivity contribution is 9.10. The maximum Gasteiger partial charge on any atom is 0.298 e. The van der Waals surface area contributed by atoms with Crippen molar-refractivity contribution in [1.82, 2.24) is 9.97 Å². The molecule has 0 spiro atoms. The number of phenolic OH excluding ortho intramolecular Hbond substituents is 1. The molecule has 0 atom stereocenters. The highest BCUT2D eigenvalue weighted by Crippen LogP contribution is 2.32. The number of carbonyl (C=O) groups is 1. The number of fused-ring (bicyclic) bond motifs is 1. The maximum absolute atomic E-state index is 12.3. The van der Waals surface area contributed by atoms with Crippen LogP contribution in [0.1, 0.15) is 10.5 Å². The molecule has 0 bridgehead atoms. The molecule has 9 heteroatoms. The van der Waals surface area contributed by atoms with Crippen molar-refractivity contribution >= 4 is 44.6 Å². The summed E-state index contributed by atoms with van der Waals surface area (Å²) in [7, 11) is 0. The van der Waals surface area contributed by atoms with E-state index in [2.05, 4.69) is 31.2 Å². The highest BCUT2D eigenvalue weighted by atomic mass is 79.9. The van der Waals surface area contributed by atoms with E-state index < -0.39 is 5.91 Å². The number of anilines is 2. The summed E-state index contributed by atoms with van der Waals surface area (Å²) in [6.07, 6.45) is 0. The van der Waals surface area contributed by atoms with Crippen LogP contribution in [0.2, 0.25) is 0 Å². The van der Waals surface area contributed by atoms with Crippen LogP contribution in [0.15, 0.2) is 39.4 Å². The summed E-state index contributed by atoms with van der Waals surface area (Å²) < 4.78 is 11.7. The number of aromatic nitrogens is 2. The molecule has 0 unspecified atom stereocenters. The lowest BCUT2D eigenvalue weighted by molar-refractivity contribution is 0.102. The molecule has 3 heterocycles. The van der Waals surface area contributed by atoms with E-state index in [4.69, 9.17) is 9.15 Å². The maximum atomic E-state index is 12.3. The number of halogens is 1. The molecule has 0 aliphatic carbocycles. The average molecular weight is 419 g/mol. The van der Waals surface area contributed by atoms with Crippen LogP contribution in [-0.2, 0) is 4.74 Å². The van der Waals surface area contributed by atoms with Crippen molar-refractivity contribution in [2.45, 2.75) is 0 Å². The molecule has 8 nitrogen and oxygen atoms in total. The van der Waals surface area contributed by atoms with Crippen molar-refractivity contribution in [3.05, 3.63) is 40.6 Å². The molecule has 0 saturated carbocycles. The third-order valence-corrected chi connectivity index (χ3v) is 4.41. The van der Waals surface area contributed by atoms with Crippen LogP contribution in [0.5, 0.6) is 5.75 Å². The van der Waals surface area contributed by atoms with Gasteiger partial charge in [-0.05, 0) is 28.1 Å². The first-order valence-corrected chi connectivity index (χ1v) is 8.79. The fourth-order valence-electron chi connectivity index (χ4n) is 2.66. The Labute approximate surface area is 156 Å². The average Bonchev–Trinajstić information content (AvgIpc) is 3.05. The van der Waals surface area contributed by atoms with Crippen LogP contribution < -0.4 is 10.2 Å². The van der Waals surface area contributed by atoms with E-state index >= 15 is 0 Å². The second-order valence-corrected chi connectivity index (χ2v) is 6.55.